The maximum absolute atomic E-state index is 11.8. The van der Waals surface area contributed by atoms with E-state index < -0.39 is 5.97 Å². The van der Waals surface area contributed by atoms with Crippen molar-refractivity contribution < 1.29 is 14.7 Å². The van der Waals surface area contributed by atoms with Crippen LogP contribution in [-0.4, -0.2) is 35.0 Å². The number of nitrogens with zero attached hydrogens (tertiary/aromatic N) is 1. The van der Waals surface area contributed by atoms with Gasteiger partial charge in [-0.1, -0.05) is 18.5 Å². The molecule has 1 rings (SSSR count). The normalized spacial score (nSPS) is 10.8. The van der Waals surface area contributed by atoms with Crippen molar-refractivity contribution in [1.29, 1.82) is 0 Å². The number of carbonyl (C=O) groups is 2. The Bertz CT molecular complexity index is 456. The number of amides is 1. The van der Waals surface area contributed by atoms with Crippen LogP contribution in [0.15, 0.2) is 18.2 Å². The molecule has 1 aromatic heterocycles. The van der Waals surface area contributed by atoms with E-state index in [9.17, 15) is 9.59 Å². The molecule has 4 nitrogen and oxygen atoms in total. The van der Waals surface area contributed by atoms with E-state index in [1.54, 1.807) is 18.2 Å². The average molecular weight is 288 g/mol. The molecule has 0 saturated carbocycles. The first-order chi connectivity index (χ1) is 8.52. The van der Waals surface area contributed by atoms with E-state index in [-0.39, 0.29) is 12.5 Å². The molecule has 0 aliphatic heterocycles. The molecule has 1 N–H and O–H groups in total. The lowest BCUT2D eigenvalue weighted by atomic mass is 10.3. The summed E-state index contributed by atoms with van der Waals surface area (Å²) >= 11 is 7.13. The molecule has 0 aromatic carbocycles. The van der Waals surface area contributed by atoms with Crippen LogP contribution in [0.1, 0.15) is 18.2 Å². The van der Waals surface area contributed by atoms with Gasteiger partial charge in [0.05, 0.1) is 4.34 Å². The Morgan fingerprint density at radius 2 is 2.22 bits per heavy atom. The number of carboxylic acid groups (broad SMARTS) is 1. The number of rotatable bonds is 6. The molecule has 0 fully saturated rings. The molecule has 0 aliphatic rings. The lowest BCUT2D eigenvalue weighted by Gasteiger charge is -2.17. The third-order valence-electron chi connectivity index (χ3n) is 2.12. The lowest BCUT2D eigenvalue weighted by molar-refractivity contribution is -0.142. The predicted octanol–water partition coefficient (Wildman–Crippen LogP) is 2.74. The predicted molar refractivity (Wildman–Crippen MR) is 72.9 cm³/mol. The molecule has 98 valence electrons. The quantitative estimate of drug-likeness (QED) is 0.819. The van der Waals surface area contributed by atoms with Crippen molar-refractivity contribution in [2.45, 2.75) is 13.3 Å². The number of halogens is 1. The minimum Gasteiger partial charge on any atom is -0.480 e. The maximum atomic E-state index is 11.8. The Kier molecular flexibility index (Phi) is 5.88. The van der Waals surface area contributed by atoms with E-state index in [4.69, 9.17) is 16.7 Å². The lowest BCUT2D eigenvalue weighted by Crippen LogP contribution is -2.35. The van der Waals surface area contributed by atoms with E-state index in [0.29, 0.717) is 10.9 Å². The summed E-state index contributed by atoms with van der Waals surface area (Å²) in [5.41, 5.74) is 0. The van der Waals surface area contributed by atoms with Crippen LogP contribution in [-0.2, 0) is 9.59 Å². The van der Waals surface area contributed by atoms with E-state index in [2.05, 4.69) is 0 Å². The van der Waals surface area contributed by atoms with Gasteiger partial charge in [0.15, 0.2) is 0 Å². The van der Waals surface area contributed by atoms with Crippen molar-refractivity contribution in [2.75, 3.05) is 13.1 Å². The molecule has 6 heteroatoms. The van der Waals surface area contributed by atoms with Gasteiger partial charge in [0.25, 0.3) is 0 Å². The maximum Gasteiger partial charge on any atom is 0.323 e. The monoisotopic (exact) mass is 287 g/mol. The number of hydrogen-bond donors (Lipinski definition) is 1. The van der Waals surface area contributed by atoms with Gasteiger partial charge in [-0.2, -0.15) is 0 Å². The van der Waals surface area contributed by atoms with Gasteiger partial charge in [-0.05, 0) is 24.6 Å². The van der Waals surface area contributed by atoms with Crippen LogP contribution in [0.5, 0.6) is 0 Å². The van der Waals surface area contributed by atoms with Gasteiger partial charge in [0.2, 0.25) is 5.91 Å². The van der Waals surface area contributed by atoms with Gasteiger partial charge in [-0.3, -0.25) is 9.59 Å². The molecular weight excluding hydrogens is 274 g/mol. The second-order valence-electron chi connectivity index (χ2n) is 3.63. The molecule has 18 heavy (non-hydrogen) atoms. The summed E-state index contributed by atoms with van der Waals surface area (Å²) in [6, 6.07) is 3.55. The fraction of sp³-hybridized carbons (Fsp3) is 0.333. The Hall–Kier alpha value is -1.33. The molecule has 0 aliphatic carbocycles. The summed E-state index contributed by atoms with van der Waals surface area (Å²) in [6.45, 7) is 2.05. The minimum absolute atomic E-state index is 0.276. The molecule has 0 unspecified atom stereocenters. The summed E-state index contributed by atoms with van der Waals surface area (Å²) < 4.78 is 0.651. The SMILES string of the molecule is CCCN(CC(=O)O)C(=O)C=Cc1ccc(Cl)s1. The van der Waals surface area contributed by atoms with Crippen molar-refractivity contribution in [2.24, 2.45) is 0 Å². The van der Waals surface area contributed by atoms with Crippen LogP contribution in [0.25, 0.3) is 6.08 Å². The van der Waals surface area contributed by atoms with Crippen LogP contribution in [0.2, 0.25) is 4.34 Å². The van der Waals surface area contributed by atoms with E-state index in [1.165, 1.54) is 22.3 Å². The third-order valence-corrected chi connectivity index (χ3v) is 3.31. The number of thiophene rings is 1. The largest absolute Gasteiger partial charge is 0.480 e. The second-order valence-corrected chi connectivity index (χ2v) is 5.38. The van der Waals surface area contributed by atoms with E-state index in [1.807, 2.05) is 6.92 Å². The van der Waals surface area contributed by atoms with Gasteiger partial charge >= 0.3 is 5.97 Å². The topological polar surface area (TPSA) is 57.6 Å². The van der Waals surface area contributed by atoms with Crippen LogP contribution in [0.4, 0.5) is 0 Å². The summed E-state index contributed by atoms with van der Waals surface area (Å²) in [5, 5.41) is 8.71. The minimum atomic E-state index is -1.01. The van der Waals surface area contributed by atoms with Crippen LogP contribution in [0, 0.1) is 0 Å². The third kappa shape index (κ3) is 4.89. The van der Waals surface area contributed by atoms with Crippen molar-refractivity contribution in [3.05, 3.63) is 27.4 Å². The Labute approximate surface area is 114 Å². The van der Waals surface area contributed by atoms with Crippen molar-refractivity contribution in [3.63, 3.8) is 0 Å². The van der Waals surface area contributed by atoms with E-state index >= 15 is 0 Å². The summed E-state index contributed by atoms with van der Waals surface area (Å²) in [5.74, 6) is -1.31. The van der Waals surface area contributed by atoms with Gasteiger partial charge in [0.1, 0.15) is 6.54 Å². The highest BCUT2D eigenvalue weighted by Gasteiger charge is 2.13. The summed E-state index contributed by atoms with van der Waals surface area (Å²) in [4.78, 5) is 24.6. The average Bonchev–Trinajstić information content (AvgIpc) is 2.71. The van der Waals surface area contributed by atoms with Gasteiger partial charge < -0.3 is 10.0 Å². The Morgan fingerprint density at radius 3 is 2.72 bits per heavy atom. The van der Waals surface area contributed by atoms with Gasteiger partial charge in [-0.25, -0.2) is 0 Å². The first kappa shape index (κ1) is 14.7. The molecular formula is C12H14ClNO3S. The highest BCUT2D eigenvalue weighted by Crippen LogP contribution is 2.22. The standard InChI is InChI=1S/C12H14ClNO3S/c1-2-7-14(8-12(16)17)11(15)6-4-9-3-5-10(13)18-9/h3-6H,2,7-8H2,1H3,(H,16,17). The highest BCUT2D eigenvalue weighted by atomic mass is 35.5. The number of hydrogen-bond acceptors (Lipinski definition) is 3. The highest BCUT2D eigenvalue weighted by molar-refractivity contribution is 7.17. The number of carbonyl (C=O) groups excluding carboxylic acids is 1. The van der Waals surface area contributed by atoms with Gasteiger partial charge in [0, 0.05) is 17.5 Å². The van der Waals surface area contributed by atoms with Crippen molar-refractivity contribution in [1.82, 2.24) is 4.90 Å². The van der Waals surface area contributed by atoms with Crippen LogP contribution in [0.3, 0.4) is 0 Å². The first-order valence-electron chi connectivity index (χ1n) is 5.47. The summed E-state index contributed by atoms with van der Waals surface area (Å²) in [6.07, 6.45) is 3.74. The first-order valence-corrected chi connectivity index (χ1v) is 6.66. The van der Waals surface area contributed by atoms with Crippen molar-refractivity contribution in [3.8, 4) is 0 Å². The fourth-order valence-corrected chi connectivity index (χ4v) is 2.34. The van der Waals surface area contributed by atoms with Crippen LogP contribution >= 0.6 is 22.9 Å². The zero-order chi connectivity index (χ0) is 13.5. The molecule has 1 aromatic rings. The molecule has 1 amide bonds. The van der Waals surface area contributed by atoms with Crippen LogP contribution < -0.4 is 0 Å². The Morgan fingerprint density at radius 1 is 1.50 bits per heavy atom. The molecule has 0 saturated heterocycles. The Balaban J connectivity index is 2.65. The molecule has 1 heterocycles. The fourth-order valence-electron chi connectivity index (χ4n) is 1.38. The van der Waals surface area contributed by atoms with Gasteiger partial charge in [-0.15, -0.1) is 11.3 Å². The van der Waals surface area contributed by atoms with E-state index in [0.717, 1.165) is 11.3 Å². The second kappa shape index (κ2) is 7.18. The van der Waals surface area contributed by atoms with Crippen molar-refractivity contribution >= 4 is 40.9 Å². The number of carboxylic acids is 1. The molecule has 0 spiro atoms. The molecule has 0 bridgehead atoms. The smallest absolute Gasteiger partial charge is 0.323 e. The number of aliphatic carboxylic acids is 1. The zero-order valence-corrected chi connectivity index (χ0v) is 11.5. The summed E-state index contributed by atoms with van der Waals surface area (Å²) in [7, 11) is 0. The molecule has 0 atom stereocenters. The zero-order valence-electron chi connectivity index (χ0n) is 9.93. The molecule has 0 radical (unpaired) electrons.